The normalized spacial score (nSPS) is 12.2. The highest BCUT2D eigenvalue weighted by Crippen LogP contribution is 2.23. The highest BCUT2D eigenvalue weighted by Gasteiger charge is 2.11. The van der Waals surface area contributed by atoms with Gasteiger partial charge in [0.25, 0.3) is 0 Å². The number of halogens is 1. The van der Waals surface area contributed by atoms with Gasteiger partial charge in [-0.3, -0.25) is 0 Å². The molecule has 1 atom stereocenters. The van der Waals surface area contributed by atoms with Crippen LogP contribution in [-0.2, 0) is 0 Å². The van der Waals surface area contributed by atoms with Gasteiger partial charge in [0.2, 0.25) is 5.89 Å². The summed E-state index contributed by atoms with van der Waals surface area (Å²) in [6, 6.07) is 8.46. The van der Waals surface area contributed by atoms with E-state index in [-0.39, 0.29) is 5.38 Å². The lowest BCUT2D eigenvalue weighted by Gasteiger charge is -2.21. The van der Waals surface area contributed by atoms with E-state index in [0.717, 1.165) is 18.8 Å². The third-order valence-electron chi connectivity index (χ3n) is 3.03. The molecule has 6 heteroatoms. The molecule has 1 aromatic heterocycles. The third kappa shape index (κ3) is 3.42. The summed E-state index contributed by atoms with van der Waals surface area (Å²) >= 11 is 5.88. The molecular weight excluding hydrogens is 276 g/mol. The van der Waals surface area contributed by atoms with E-state index in [4.69, 9.17) is 16.0 Å². The third-order valence-corrected chi connectivity index (χ3v) is 3.21. The molecule has 0 fully saturated rings. The molecule has 0 amide bonds. The van der Waals surface area contributed by atoms with Gasteiger partial charge in [0.05, 0.1) is 0 Å². The van der Waals surface area contributed by atoms with E-state index in [1.807, 2.05) is 12.1 Å². The van der Waals surface area contributed by atoms with E-state index in [2.05, 4.69) is 46.4 Å². The molecule has 108 valence electrons. The molecule has 5 nitrogen and oxygen atoms in total. The summed E-state index contributed by atoms with van der Waals surface area (Å²) in [6.45, 7) is 8.05. The van der Waals surface area contributed by atoms with Crippen LogP contribution in [0, 0.1) is 0 Å². The molecule has 2 aromatic rings. The number of benzene rings is 1. The van der Waals surface area contributed by atoms with Crippen LogP contribution in [0.25, 0.3) is 0 Å². The molecule has 0 radical (unpaired) electrons. The van der Waals surface area contributed by atoms with Gasteiger partial charge in [0.1, 0.15) is 5.38 Å². The number of hydrogen-bond acceptors (Lipinski definition) is 5. The first kappa shape index (κ1) is 14.7. The fourth-order valence-corrected chi connectivity index (χ4v) is 2.00. The predicted octanol–water partition coefficient (Wildman–Crippen LogP) is 3.96. The molecule has 0 bridgehead atoms. The molecule has 1 heterocycles. The maximum Gasteiger partial charge on any atom is 0.320 e. The van der Waals surface area contributed by atoms with Crippen molar-refractivity contribution >= 4 is 29.0 Å². The Labute approximate surface area is 123 Å². The molecule has 1 aromatic carbocycles. The Morgan fingerprint density at radius 1 is 1.20 bits per heavy atom. The number of alkyl halides is 1. The van der Waals surface area contributed by atoms with E-state index >= 15 is 0 Å². The SMILES string of the molecule is CCN(CC)c1ccc(Nc2nnc(C(C)Cl)o2)cc1. The molecule has 20 heavy (non-hydrogen) atoms. The van der Waals surface area contributed by atoms with Gasteiger partial charge in [0, 0.05) is 24.5 Å². The van der Waals surface area contributed by atoms with Crippen LogP contribution < -0.4 is 10.2 Å². The maximum atomic E-state index is 5.88. The van der Waals surface area contributed by atoms with Crippen molar-refractivity contribution in [1.82, 2.24) is 10.2 Å². The molecule has 0 saturated carbocycles. The van der Waals surface area contributed by atoms with Crippen LogP contribution in [0.5, 0.6) is 0 Å². The molecule has 0 saturated heterocycles. The number of aromatic nitrogens is 2. The van der Waals surface area contributed by atoms with E-state index < -0.39 is 0 Å². The standard InChI is InChI=1S/C14H19ClN4O/c1-4-19(5-2)12-8-6-11(7-9-12)16-14-18-17-13(20-14)10(3)15/h6-10H,4-5H2,1-3H3,(H,16,18). The van der Waals surface area contributed by atoms with Gasteiger partial charge in [0.15, 0.2) is 0 Å². The molecule has 2 rings (SSSR count). The van der Waals surface area contributed by atoms with Crippen molar-refractivity contribution in [2.24, 2.45) is 0 Å². The first-order valence-electron chi connectivity index (χ1n) is 6.73. The van der Waals surface area contributed by atoms with Gasteiger partial charge in [-0.15, -0.1) is 16.7 Å². The van der Waals surface area contributed by atoms with Crippen molar-refractivity contribution < 1.29 is 4.42 Å². The second-order valence-electron chi connectivity index (χ2n) is 4.41. The zero-order valence-electron chi connectivity index (χ0n) is 11.9. The fraction of sp³-hybridized carbons (Fsp3) is 0.429. The van der Waals surface area contributed by atoms with Crippen LogP contribution in [0.15, 0.2) is 28.7 Å². The molecular formula is C14H19ClN4O. The van der Waals surface area contributed by atoms with Crippen molar-refractivity contribution in [3.8, 4) is 0 Å². The van der Waals surface area contributed by atoms with Crippen LogP contribution in [-0.4, -0.2) is 23.3 Å². The van der Waals surface area contributed by atoms with Crippen molar-refractivity contribution in [3.63, 3.8) is 0 Å². The number of rotatable bonds is 6. The second kappa shape index (κ2) is 6.61. The van der Waals surface area contributed by atoms with E-state index in [0.29, 0.717) is 11.9 Å². The Balaban J connectivity index is 2.06. The number of nitrogens with zero attached hydrogens (tertiary/aromatic N) is 3. The minimum Gasteiger partial charge on any atom is -0.406 e. The topological polar surface area (TPSA) is 54.2 Å². The summed E-state index contributed by atoms with van der Waals surface area (Å²) in [4.78, 5) is 2.28. The van der Waals surface area contributed by atoms with E-state index in [9.17, 15) is 0 Å². The van der Waals surface area contributed by atoms with Gasteiger partial charge in [-0.05, 0) is 45.0 Å². The Morgan fingerprint density at radius 3 is 2.35 bits per heavy atom. The summed E-state index contributed by atoms with van der Waals surface area (Å²) in [5.74, 6) is 0.411. The number of hydrogen-bond donors (Lipinski definition) is 1. The lowest BCUT2D eigenvalue weighted by Crippen LogP contribution is -2.21. The Morgan fingerprint density at radius 2 is 1.85 bits per heavy atom. The van der Waals surface area contributed by atoms with Gasteiger partial charge in [-0.2, -0.15) is 0 Å². The Kier molecular flexibility index (Phi) is 4.84. The van der Waals surface area contributed by atoms with Crippen molar-refractivity contribution in [1.29, 1.82) is 0 Å². The molecule has 1 N–H and O–H groups in total. The fourth-order valence-electron chi connectivity index (χ4n) is 1.91. The first-order chi connectivity index (χ1) is 9.63. The highest BCUT2D eigenvalue weighted by molar-refractivity contribution is 6.20. The summed E-state index contributed by atoms with van der Waals surface area (Å²) in [7, 11) is 0. The van der Waals surface area contributed by atoms with E-state index in [1.54, 1.807) is 6.92 Å². The maximum absolute atomic E-state index is 5.88. The summed E-state index contributed by atoms with van der Waals surface area (Å²) in [5, 5.41) is 10.5. The quantitative estimate of drug-likeness (QED) is 0.817. The van der Waals surface area contributed by atoms with Gasteiger partial charge in [-0.25, -0.2) is 0 Å². The number of anilines is 3. The number of nitrogens with one attached hydrogen (secondary N) is 1. The minimum atomic E-state index is -0.289. The van der Waals surface area contributed by atoms with Crippen LogP contribution in [0.2, 0.25) is 0 Å². The molecule has 0 aliphatic carbocycles. The van der Waals surface area contributed by atoms with Crippen molar-refractivity contribution in [2.75, 3.05) is 23.3 Å². The van der Waals surface area contributed by atoms with Gasteiger partial charge < -0.3 is 14.6 Å². The highest BCUT2D eigenvalue weighted by atomic mass is 35.5. The van der Waals surface area contributed by atoms with Gasteiger partial charge >= 0.3 is 6.01 Å². The van der Waals surface area contributed by atoms with Crippen molar-refractivity contribution in [2.45, 2.75) is 26.1 Å². The average Bonchev–Trinajstić information content (AvgIpc) is 2.91. The van der Waals surface area contributed by atoms with Gasteiger partial charge in [-0.1, -0.05) is 5.10 Å². The first-order valence-corrected chi connectivity index (χ1v) is 7.17. The van der Waals surface area contributed by atoms with Crippen LogP contribution in [0.3, 0.4) is 0 Å². The molecule has 0 spiro atoms. The summed E-state index contributed by atoms with van der Waals surface area (Å²) in [5.41, 5.74) is 2.10. The van der Waals surface area contributed by atoms with Crippen LogP contribution >= 0.6 is 11.6 Å². The smallest absolute Gasteiger partial charge is 0.320 e. The lowest BCUT2D eigenvalue weighted by molar-refractivity contribution is 0.510. The zero-order valence-corrected chi connectivity index (χ0v) is 12.7. The largest absolute Gasteiger partial charge is 0.406 e. The van der Waals surface area contributed by atoms with Crippen molar-refractivity contribution in [3.05, 3.63) is 30.2 Å². The summed E-state index contributed by atoms with van der Waals surface area (Å²) < 4.78 is 5.39. The van der Waals surface area contributed by atoms with Crippen LogP contribution in [0.1, 0.15) is 32.0 Å². The van der Waals surface area contributed by atoms with Crippen LogP contribution in [0.4, 0.5) is 17.4 Å². The lowest BCUT2D eigenvalue weighted by atomic mass is 10.2. The zero-order chi connectivity index (χ0) is 14.5. The monoisotopic (exact) mass is 294 g/mol. The molecule has 0 aliphatic rings. The second-order valence-corrected chi connectivity index (χ2v) is 5.06. The predicted molar refractivity (Wildman–Crippen MR) is 81.9 cm³/mol. The molecule has 0 aliphatic heterocycles. The Hall–Kier alpha value is -1.75. The summed E-state index contributed by atoms with van der Waals surface area (Å²) in [6.07, 6.45) is 0. The molecule has 1 unspecified atom stereocenters. The Bertz CT molecular complexity index is 534. The minimum absolute atomic E-state index is 0.289. The van der Waals surface area contributed by atoms with E-state index in [1.165, 1.54) is 5.69 Å². The average molecular weight is 295 g/mol.